The average molecular weight is 292 g/mol. The van der Waals surface area contributed by atoms with Crippen molar-refractivity contribution in [3.05, 3.63) is 0 Å². The first kappa shape index (κ1) is 16.4. The van der Waals surface area contributed by atoms with Crippen molar-refractivity contribution in [1.82, 2.24) is 18.8 Å². The van der Waals surface area contributed by atoms with Gasteiger partial charge in [0.2, 0.25) is 5.91 Å². The molecule has 1 rings (SSSR count). The van der Waals surface area contributed by atoms with Crippen LogP contribution < -0.4 is 5.32 Å². The first-order valence-corrected chi connectivity index (χ1v) is 7.89. The van der Waals surface area contributed by atoms with Gasteiger partial charge in [-0.2, -0.15) is 17.0 Å². The molecule has 0 aromatic rings. The van der Waals surface area contributed by atoms with Gasteiger partial charge in [-0.15, -0.1) is 0 Å². The largest absolute Gasteiger partial charge is 0.340 e. The molecule has 0 unspecified atom stereocenters. The molecule has 0 atom stereocenters. The Kier molecular flexibility index (Phi) is 6.18. The third-order valence-corrected chi connectivity index (χ3v) is 5.14. The fraction of sp³-hybridized carbons (Fsp3) is 0.909. The van der Waals surface area contributed by atoms with E-state index in [0.717, 1.165) is 13.0 Å². The highest BCUT2D eigenvalue weighted by Crippen LogP contribution is 2.10. The fourth-order valence-electron chi connectivity index (χ4n) is 1.97. The normalized spacial score (nSPS) is 18.0. The molecule has 112 valence electrons. The molecule has 8 heteroatoms. The second-order valence-electron chi connectivity index (χ2n) is 4.78. The van der Waals surface area contributed by atoms with Gasteiger partial charge in [-0.05, 0) is 20.0 Å². The van der Waals surface area contributed by atoms with Crippen molar-refractivity contribution in [2.24, 2.45) is 0 Å². The maximum atomic E-state index is 11.9. The van der Waals surface area contributed by atoms with E-state index in [-0.39, 0.29) is 5.91 Å². The number of nitrogens with one attached hydrogen (secondary N) is 1. The van der Waals surface area contributed by atoms with Crippen LogP contribution in [0, 0.1) is 0 Å². The van der Waals surface area contributed by atoms with Gasteiger partial charge < -0.3 is 10.2 Å². The predicted molar refractivity (Wildman–Crippen MR) is 73.9 cm³/mol. The van der Waals surface area contributed by atoms with Crippen LogP contribution in [0.1, 0.15) is 12.8 Å². The summed E-state index contributed by atoms with van der Waals surface area (Å²) in [6.07, 6.45) is 1.33. The van der Waals surface area contributed by atoms with Crippen LogP contribution >= 0.6 is 0 Å². The van der Waals surface area contributed by atoms with E-state index in [1.165, 1.54) is 22.7 Å². The third kappa shape index (κ3) is 4.41. The van der Waals surface area contributed by atoms with E-state index < -0.39 is 10.2 Å². The van der Waals surface area contributed by atoms with E-state index in [4.69, 9.17) is 0 Å². The Labute approximate surface area is 115 Å². The highest BCUT2D eigenvalue weighted by atomic mass is 32.2. The van der Waals surface area contributed by atoms with Gasteiger partial charge in [0.25, 0.3) is 10.2 Å². The predicted octanol–water partition coefficient (Wildman–Crippen LogP) is -1.06. The first-order chi connectivity index (χ1) is 8.89. The number of piperazine rings is 1. The molecule has 0 radical (unpaired) electrons. The van der Waals surface area contributed by atoms with E-state index in [2.05, 4.69) is 5.32 Å². The minimum absolute atomic E-state index is 0.108. The zero-order valence-corrected chi connectivity index (χ0v) is 12.7. The summed E-state index contributed by atoms with van der Waals surface area (Å²) in [5.41, 5.74) is 0. The van der Waals surface area contributed by atoms with Crippen molar-refractivity contribution >= 4 is 16.1 Å². The van der Waals surface area contributed by atoms with Crippen molar-refractivity contribution in [1.29, 1.82) is 0 Å². The highest BCUT2D eigenvalue weighted by Gasteiger charge is 2.29. The Morgan fingerprint density at radius 1 is 1.21 bits per heavy atom. The Morgan fingerprint density at radius 3 is 2.26 bits per heavy atom. The summed E-state index contributed by atoms with van der Waals surface area (Å²) < 4.78 is 26.5. The number of hydrogen-bond donors (Lipinski definition) is 1. The smallest absolute Gasteiger partial charge is 0.281 e. The van der Waals surface area contributed by atoms with Gasteiger partial charge in [0.15, 0.2) is 0 Å². The maximum absolute atomic E-state index is 11.9. The lowest BCUT2D eigenvalue weighted by Crippen LogP contribution is -2.53. The van der Waals surface area contributed by atoms with Crippen molar-refractivity contribution in [3.63, 3.8) is 0 Å². The zero-order valence-electron chi connectivity index (χ0n) is 11.9. The van der Waals surface area contributed by atoms with Crippen LogP contribution in [0.4, 0.5) is 0 Å². The summed E-state index contributed by atoms with van der Waals surface area (Å²) >= 11 is 0. The molecule has 0 bridgehead atoms. The molecule has 0 aromatic carbocycles. The summed E-state index contributed by atoms with van der Waals surface area (Å²) in [5, 5.41) is 3.00. The lowest BCUT2D eigenvalue weighted by molar-refractivity contribution is -0.132. The van der Waals surface area contributed by atoms with E-state index in [1.54, 1.807) is 4.90 Å². The quantitative estimate of drug-likeness (QED) is 0.633. The summed E-state index contributed by atoms with van der Waals surface area (Å²) in [6.45, 7) is 2.52. The number of rotatable bonds is 6. The molecule has 1 aliphatic heterocycles. The number of carbonyl (C=O) groups is 1. The molecule has 1 N–H and O–H groups in total. The van der Waals surface area contributed by atoms with Gasteiger partial charge in [-0.3, -0.25) is 4.79 Å². The summed E-state index contributed by atoms with van der Waals surface area (Å²) in [6, 6.07) is 0. The standard InChI is InChI=1S/C11H24N4O3S/c1-12-6-4-5-11(16)14-7-9-15(10-8-14)19(17,18)13(2)3/h12H,4-10H2,1-3H3. The van der Waals surface area contributed by atoms with E-state index in [9.17, 15) is 13.2 Å². The Morgan fingerprint density at radius 2 is 1.79 bits per heavy atom. The Hall–Kier alpha value is -0.700. The van der Waals surface area contributed by atoms with Crippen LogP contribution in [0.5, 0.6) is 0 Å². The molecule has 1 heterocycles. The van der Waals surface area contributed by atoms with Crippen LogP contribution in [0.25, 0.3) is 0 Å². The zero-order chi connectivity index (χ0) is 14.5. The lowest BCUT2D eigenvalue weighted by atomic mass is 10.2. The van der Waals surface area contributed by atoms with Gasteiger partial charge >= 0.3 is 0 Å². The Bertz CT molecular complexity index is 389. The first-order valence-electron chi connectivity index (χ1n) is 6.49. The van der Waals surface area contributed by atoms with Crippen LogP contribution in [-0.2, 0) is 15.0 Å². The number of amides is 1. The topological polar surface area (TPSA) is 73.0 Å². The van der Waals surface area contributed by atoms with Gasteiger partial charge in [-0.1, -0.05) is 0 Å². The number of hydrogen-bond acceptors (Lipinski definition) is 4. The van der Waals surface area contributed by atoms with Crippen LogP contribution in [0.15, 0.2) is 0 Å². The number of nitrogens with zero attached hydrogens (tertiary/aromatic N) is 3. The monoisotopic (exact) mass is 292 g/mol. The van der Waals surface area contributed by atoms with Gasteiger partial charge in [0.1, 0.15) is 0 Å². The molecular weight excluding hydrogens is 268 g/mol. The second kappa shape index (κ2) is 7.18. The number of carbonyl (C=O) groups excluding carboxylic acids is 1. The third-order valence-electron chi connectivity index (χ3n) is 3.20. The minimum Gasteiger partial charge on any atom is -0.340 e. The molecular formula is C11H24N4O3S. The van der Waals surface area contributed by atoms with Crippen molar-refractivity contribution in [2.75, 3.05) is 53.9 Å². The minimum atomic E-state index is -3.35. The average Bonchev–Trinajstić information content (AvgIpc) is 2.39. The molecule has 19 heavy (non-hydrogen) atoms. The second-order valence-corrected chi connectivity index (χ2v) is 6.92. The molecule has 1 saturated heterocycles. The molecule has 0 saturated carbocycles. The van der Waals surface area contributed by atoms with Crippen molar-refractivity contribution < 1.29 is 13.2 Å². The molecule has 0 aliphatic carbocycles. The van der Waals surface area contributed by atoms with Crippen LogP contribution in [0.2, 0.25) is 0 Å². The summed E-state index contributed by atoms with van der Waals surface area (Å²) in [4.78, 5) is 13.6. The van der Waals surface area contributed by atoms with Crippen molar-refractivity contribution in [3.8, 4) is 0 Å². The fourth-order valence-corrected chi connectivity index (χ4v) is 3.06. The lowest BCUT2D eigenvalue weighted by Gasteiger charge is -2.35. The van der Waals surface area contributed by atoms with Crippen LogP contribution in [-0.4, -0.2) is 81.7 Å². The maximum Gasteiger partial charge on any atom is 0.281 e. The van der Waals surface area contributed by atoms with Gasteiger partial charge in [0.05, 0.1) is 0 Å². The molecule has 0 aromatic heterocycles. The van der Waals surface area contributed by atoms with E-state index in [0.29, 0.717) is 32.6 Å². The highest BCUT2D eigenvalue weighted by molar-refractivity contribution is 7.86. The van der Waals surface area contributed by atoms with Crippen molar-refractivity contribution in [2.45, 2.75) is 12.8 Å². The Balaban J connectivity index is 2.43. The molecule has 7 nitrogen and oxygen atoms in total. The molecule has 1 amide bonds. The molecule has 1 fully saturated rings. The molecule has 0 spiro atoms. The summed E-state index contributed by atoms with van der Waals surface area (Å²) in [7, 11) is 1.54. The van der Waals surface area contributed by atoms with E-state index in [1.807, 2.05) is 7.05 Å². The van der Waals surface area contributed by atoms with E-state index >= 15 is 0 Å². The van der Waals surface area contributed by atoms with Gasteiger partial charge in [0, 0.05) is 46.7 Å². The van der Waals surface area contributed by atoms with Gasteiger partial charge in [-0.25, -0.2) is 0 Å². The summed E-state index contributed by atoms with van der Waals surface area (Å²) in [5.74, 6) is 0.108. The SMILES string of the molecule is CNCCCC(=O)N1CCN(S(=O)(=O)N(C)C)CC1. The molecule has 1 aliphatic rings. The van der Waals surface area contributed by atoms with Crippen LogP contribution in [0.3, 0.4) is 0 Å².